The van der Waals surface area contributed by atoms with Crippen LogP contribution in [-0.4, -0.2) is 24.2 Å². The molecule has 0 unspecified atom stereocenters. The van der Waals surface area contributed by atoms with Crippen molar-refractivity contribution >= 4 is 40.8 Å². The molecule has 0 fully saturated rings. The molecule has 4 nitrogen and oxygen atoms in total. The smallest absolute Gasteiger partial charge is 0.275 e. The monoisotopic (exact) mass is 307 g/mol. The van der Waals surface area contributed by atoms with Gasteiger partial charge < -0.3 is 10.6 Å². The molecule has 1 amide bonds. The molecule has 0 aliphatic heterocycles. The van der Waals surface area contributed by atoms with Gasteiger partial charge in [0.25, 0.3) is 5.91 Å². The van der Waals surface area contributed by atoms with Gasteiger partial charge in [-0.05, 0) is 36.6 Å². The molecular weight excluding hydrogens is 294 g/mol. The number of carbonyl (C=O) groups is 1. The van der Waals surface area contributed by atoms with Crippen LogP contribution < -0.4 is 10.6 Å². The lowest BCUT2D eigenvalue weighted by molar-refractivity contribution is 0.102. The van der Waals surface area contributed by atoms with Crippen LogP contribution in [0.2, 0.25) is 5.02 Å². The van der Waals surface area contributed by atoms with E-state index in [1.807, 2.05) is 30.5 Å². The maximum absolute atomic E-state index is 12.2. The highest BCUT2D eigenvalue weighted by Gasteiger charge is 2.13. The van der Waals surface area contributed by atoms with E-state index in [0.717, 1.165) is 10.6 Å². The van der Waals surface area contributed by atoms with Gasteiger partial charge >= 0.3 is 0 Å². The lowest BCUT2D eigenvalue weighted by Crippen LogP contribution is -2.15. The van der Waals surface area contributed by atoms with Crippen LogP contribution in [-0.2, 0) is 0 Å². The maximum Gasteiger partial charge on any atom is 0.275 e. The third-order valence-corrected chi connectivity index (χ3v) is 3.68. The van der Waals surface area contributed by atoms with E-state index in [9.17, 15) is 4.79 Å². The maximum atomic E-state index is 12.2. The summed E-state index contributed by atoms with van der Waals surface area (Å²) in [6.07, 6.45) is 1.98. The van der Waals surface area contributed by atoms with Crippen molar-refractivity contribution in [2.24, 2.45) is 0 Å². The second-order valence-corrected chi connectivity index (χ2v) is 5.25. The van der Waals surface area contributed by atoms with Crippen molar-refractivity contribution in [3.05, 3.63) is 47.1 Å². The first-order valence-electron chi connectivity index (χ1n) is 5.93. The summed E-state index contributed by atoms with van der Waals surface area (Å²) < 4.78 is 0. The van der Waals surface area contributed by atoms with E-state index in [-0.39, 0.29) is 11.6 Å². The molecule has 20 heavy (non-hydrogen) atoms. The molecular formula is C14H14ClN3OS. The number of hydrogen-bond donors (Lipinski definition) is 2. The van der Waals surface area contributed by atoms with Gasteiger partial charge in [0.15, 0.2) is 0 Å². The minimum atomic E-state index is -0.328. The fourth-order valence-corrected chi connectivity index (χ4v) is 2.28. The van der Waals surface area contributed by atoms with Crippen LogP contribution in [0, 0.1) is 0 Å². The number of anilines is 2. The van der Waals surface area contributed by atoms with Gasteiger partial charge in [-0.15, -0.1) is 11.8 Å². The molecule has 0 saturated heterocycles. The SMILES string of the molecule is CNc1ccc(Cl)c(C(=O)Nc2cccc(SC)c2)n1. The van der Waals surface area contributed by atoms with Crippen molar-refractivity contribution in [3.63, 3.8) is 0 Å². The Kier molecular flexibility index (Phi) is 4.87. The summed E-state index contributed by atoms with van der Waals surface area (Å²) in [4.78, 5) is 17.5. The minimum Gasteiger partial charge on any atom is -0.373 e. The summed E-state index contributed by atoms with van der Waals surface area (Å²) in [5, 5.41) is 6.00. The van der Waals surface area contributed by atoms with E-state index in [2.05, 4.69) is 15.6 Å². The minimum absolute atomic E-state index is 0.202. The summed E-state index contributed by atoms with van der Waals surface area (Å²) in [7, 11) is 1.74. The standard InChI is InChI=1S/C14H14ClN3OS/c1-16-12-7-6-11(15)13(18-12)14(19)17-9-4-3-5-10(8-9)20-2/h3-8H,1-2H3,(H,16,18)(H,17,19). The van der Waals surface area contributed by atoms with Gasteiger partial charge in [-0.2, -0.15) is 0 Å². The Labute approximate surface area is 126 Å². The van der Waals surface area contributed by atoms with E-state index >= 15 is 0 Å². The average Bonchev–Trinajstić information content (AvgIpc) is 2.47. The van der Waals surface area contributed by atoms with Crippen molar-refractivity contribution in [2.45, 2.75) is 4.90 Å². The number of nitrogens with zero attached hydrogens (tertiary/aromatic N) is 1. The summed E-state index contributed by atoms with van der Waals surface area (Å²) >= 11 is 7.63. The van der Waals surface area contributed by atoms with Crippen LogP contribution in [0.4, 0.5) is 11.5 Å². The predicted octanol–water partition coefficient (Wildman–Crippen LogP) is 3.75. The van der Waals surface area contributed by atoms with Gasteiger partial charge in [0.05, 0.1) is 5.02 Å². The van der Waals surface area contributed by atoms with Crippen molar-refractivity contribution in [1.82, 2.24) is 4.98 Å². The highest BCUT2D eigenvalue weighted by atomic mass is 35.5. The zero-order chi connectivity index (χ0) is 14.5. The zero-order valence-corrected chi connectivity index (χ0v) is 12.7. The quantitative estimate of drug-likeness (QED) is 0.845. The van der Waals surface area contributed by atoms with Gasteiger partial charge in [-0.3, -0.25) is 4.79 Å². The Hall–Kier alpha value is -1.72. The van der Waals surface area contributed by atoms with Crippen LogP contribution in [0.1, 0.15) is 10.5 Å². The number of halogens is 1. The third kappa shape index (κ3) is 3.43. The Balaban J connectivity index is 2.23. The van der Waals surface area contributed by atoms with Gasteiger partial charge in [-0.1, -0.05) is 17.7 Å². The second-order valence-electron chi connectivity index (χ2n) is 3.96. The Morgan fingerprint density at radius 1 is 1.30 bits per heavy atom. The van der Waals surface area contributed by atoms with Crippen LogP contribution in [0.25, 0.3) is 0 Å². The van der Waals surface area contributed by atoms with Crippen molar-refractivity contribution in [1.29, 1.82) is 0 Å². The zero-order valence-electron chi connectivity index (χ0n) is 11.1. The van der Waals surface area contributed by atoms with Gasteiger partial charge in [0, 0.05) is 17.6 Å². The molecule has 0 radical (unpaired) electrons. The molecule has 2 aromatic rings. The lowest BCUT2D eigenvalue weighted by atomic mass is 10.3. The molecule has 1 heterocycles. The molecule has 0 atom stereocenters. The van der Waals surface area contributed by atoms with Crippen molar-refractivity contribution < 1.29 is 4.79 Å². The molecule has 6 heteroatoms. The summed E-state index contributed by atoms with van der Waals surface area (Å²) in [6.45, 7) is 0. The van der Waals surface area contributed by atoms with Gasteiger partial charge in [-0.25, -0.2) is 4.98 Å². The molecule has 0 aliphatic carbocycles. The molecule has 2 N–H and O–H groups in total. The fraction of sp³-hybridized carbons (Fsp3) is 0.143. The number of amides is 1. The van der Waals surface area contributed by atoms with E-state index in [0.29, 0.717) is 10.8 Å². The topological polar surface area (TPSA) is 54.0 Å². The van der Waals surface area contributed by atoms with Gasteiger partial charge in [0.1, 0.15) is 11.5 Å². The van der Waals surface area contributed by atoms with Gasteiger partial charge in [0.2, 0.25) is 0 Å². The van der Waals surface area contributed by atoms with E-state index < -0.39 is 0 Å². The summed E-state index contributed by atoms with van der Waals surface area (Å²) in [6, 6.07) is 11.0. The number of benzene rings is 1. The number of nitrogens with one attached hydrogen (secondary N) is 2. The first kappa shape index (κ1) is 14.7. The van der Waals surface area contributed by atoms with Crippen molar-refractivity contribution in [2.75, 3.05) is 23.9 Å². The van der Waals surface area contributed by atoms with Crippen LogP contribution in [0.15, 0.2) is 41.3 Å². The highest BCUT2D eigenvalue weighted by Crippen LogP contribution is 2.21. The Morgan fingerprint density at radius 2 is 2.10 bits per heavy atom. The lowest BCUT2D eigenvalue weighted by Gasteiger charge is -2.08. The molecule has 0 bridgehead atoms. The first-order chi connectivity index (χ1) is 9.63. The number of hydrogen-bond acceptors (Lipinski definition) is 4. The number of pyridine rings is 1. The van der Waals surface area contributed by atoms with E-state index in [1.54, 1.807) is 30.9 Å². The second kappa shape index (κ2) is 6.63. The Bertz CT molecular complexity index is 634. The molecule has 2 rings (SSSR count). The molecule has 104 valence electrons. The summed E-state index contributed by atoms with van der Waals surface area (Å²) in [5.74, 6) is 0.266. The van der Waals surface area contributed by atoms with E-state index in [4.69, 9.17) is 11.6 Å². The van der Waals surface area contributed by atoms with E-state index in [1.165, 1.54) is 0 Å². The average molecular weight is 308 g/mol. The largest absolute Gasteiger partial charge is 0.373 e. The molecule has 0 aliphatic rings. The summed E-state index contributed by atoms with van der Waals surface area (Å²) in [5.41, 5.74) is 0.919. The third-order valence-electron chi connectivity index (χ3n) is 2.64. The number of aromatic nitrogens is 1. The highest BCUT2D eigenvalue weighted by molar-refractivity contribution is 7.98. The number of carbonyl (C=O) groups excluding carboxylic acids is 1. The van der Waals surface area contributed by atoms with Crippen LogP contribution >= 0.6 is 23.4 Å². The number of thioether (sulfide) groups is 1. The van der Waals surface area contributed by atoms with Crippen LogP contribution in [0.5, 0.6) is 0 Å². The number of rotatable bonds is 4. The van der Waals surface area contributed by atoms with Crippen LogP contribution in [0.3, 0.4) is 0 Å². The normalized spacial score (nSPS) is 10.2. The fourth-order valence-electron chi connectivity index (χ4n) is 1.63. The molecule has 0 saturated carbocycles. The Morgan fingerprint density at radius 3 is 2.80 bits per heavy atom. The molecule has 1 aromatic heterocycles. The van der Waals surface area contributed by atoms with Crippen molar-refractivity contribution in [3.8, 4) is 0 Å². The predicted molar refractivity (Wildman–Crippen MR) is 85.0 cm³/mol. The molecule has 0 spiro atoms. The first-order valence-corrected chi connectivity index (χ1v) is 7.54. The molecule has 1 aromatic carbocycles.